The lowest BCUT2D eigenvalue weighted by Crippen LogP contribution is -2.32. The maximum Gasteiger partial charge on any atom is 0.283 e. The summed E-state index contributed by atoms with van der Waals surface area (Å²) < 4.78 is 0. The van der Waals surface area contributed by atoms with Crippen LogP contribution in [0.4, 0.5) is 16.5 Å². The predicted octanol–water partition coefficient (Wildman–Crippen LogP) is 6.46. The Bertz CT molecular complexity index is 1580. The number of amides is 3. The molecule has 184 valence electrons. The lowest BCUT2D eigenvalue weighted by molar-refractivity contribution is -0.120. The first-order chi connectivity index (χ1) is 17.8. The van der Waals surface area contributed by atoms with Crippen LogP contribution in [0.1, 0.15) is 15.9 Å². The third-order valence-electron chi connectivity index (χ3n) is 5.63. The fourth-order valence-electron chi connectivity index (χ4n) is 3.69. The van der Waals surface area contributed by atoms with Gasteiger partial charge in [-0.25, -0.2) is 9.88 Å². The van der Waals surface area contributed by atoms with Crippen molar-refractivity contribution in [3.8, 4) is 11.3 Å². The highest BCUT2D eigenvalue weighted by Crippen LogP contribution is 2.32. The fourth-order valence-corrected chi connectivity index (χ4v) is 4.79. The summed E-state index contributed by atoms with van der Waals surface area (Å²) in [6, 6.07) is 21.0. The number of imide groups is 1. The van der Waals surface area contributed by atoms with Crippen molar-refractivity contribution in [1.29, 1.82) is 0 Å². The maximum absolute atomic E-state index is 13.1. The van der Waals surface area contributed by atoms with Gasteiger partial charge in [-0.2, -0.15) is 0 Å². The summed E-state index contributed by atoms with van der Waals surface area (Å²) in [6.45, 7) is 1.82. The average molecular weight is 549 g/mol. The third-order valence-corrected chi connectivity index (χ3v) is 7.14. The summed E-state index contributed by atoms with van der Waals surface area (Å²) in [5.74, 6) is -1.66. The number of aromatic nitrogens is 1. The van der Waals surface area contributed by atoms with Crippen molar-refractivity contribution in [2.75, 3.05) is 15.5 Å². The molecule has 1 aliphatic rings. The SMILES string of the molecule is Cc1ccc(N2C(=O)C(Cl)=C(Nc3cccc(C(=O)Nc4nc(-c5ccccc5)cs4)c3)C2=O)cc1Cl. The van der Waals surface area contributed by atoms with E-state index in [2.05, 4.69) is 15.6 Å². The minimum atomic E-state index is -0.666. The summed E-state index contributed by atoms with van der Waals surface area (Å²) in [4.78, 5) is 44.1. The lowest BCUT2D eigenvalue weighted by atomic mass is 10.2. The van der Waals surface area contributed by atoms with Crippen molar-refractivity contribution < 1.29 is 14.4 Å². The number of rotatable bonds is 6. The Labute approximate surface area is 226 Å². The molecule has 0 saturated heterocycles. The first-order valence-electron chi connectivity index (χ1n) is 11.1. The topological polar surface area (TPSA) is 91.4 Å². The van der Waals surface area contributed by atoms with Crippen LogP contribution in [0.5, 0.6) is 0 Å². The van der Waals surface area contributed by atoms with Crippen molar-refractivity contribution in [3.05, 3.63) is 105 Å². The molecule has 37 heavy (non-hydrogen) atoms. The van der Waals surface area contributed by atoms with Crippen LogP contribution >= 0.6 is 34.5 Å². The second-order valence-electron chi connectivity index (χ2n) is 8.13. The molecule has 10 heteroatoms. The van der Waals surface area contributed by atoms with Crippen LogP contribution < -0.4 is 15.5 Å². The molecule has 0 radical (unpaired) electrons. The van der Waals surface area contributed by atoms with E-state index in [1.54, 1.807) is 36.4 Å². The van der Waals surface area contributed by atoms with E-state index >= 15 is 0 Å². The Morgan fingerprint density at radius 3 is 2.49 bits per heavy atom. The molecule has 3 amide bonds. The average Bonchev–Trinajstić information content (AvgIpc) is 3.45. The monoisotopic (exact) mass is 548 g/mol. The van der Waals surface area contributed by atoms with E-state index in [4.69, 9.17) is 23.2 Å². The van der Waals surface area contributed by atoms with Crippen molar-refractivity contribution in [2.45, 2.75) is 6.92 Å². The molecule has 0 spiro atoms. The number of anilines is 3. The smallest absolute Gasteiger partial charge is 0.283 e. The van der Waals surface area contributed by atoms with Gasteiger partial charge in [0.15, 0.2) is 5.13 Å². The Morgan fingerprint density at radius 1 is 0.946 bits per heavy atom. The van der Waals surface area contributed by atoms with Crippen LogP contribution in [0.2, 0.25) is 5.02 Å². The molecule has 0 aliphatic carbocycles. The van der Waals surface area contributed by atoms with E-state index in [0.29, 0.717) is 27.1 Å². The second kappa shape index (κ2) is 10.2. The van der Waals surface area contributed by atoms with Crippen LogP contribution in [0.25, 0.3) is 11.3 Å². The van der Waals surface area contributed by atoms with Crippen LogP contribution in [-0.2, 0) is 9.59 Å². The predicted molar refractivity (Wildman–Crippen MR) is 147 cm³/mol. The number of carbonyl (C=O) groups is 3. The van der Waals surface area contributed by atoms with Crippen LogP contribution in [0, 0.1) is 6.92 Å². The number of thiazole rings is 1. The van der Waals surface area contributed by atoms with Gasteiger partial charge < -0.3 is 5.32 Å². The van der Waals surface area contributed by atoms with Crippen molar-refractivity contribution in [3.63, 3.8) is 0 Å². The van der Waals surface area contributed by atoms with E-state index in [1.165, 1.54) is 17.4 Å². The molecule has 1 aliphatic heterocycles. The number of nitrogens with zero attached hydrogens (tertiary/aromatic N) is 2. The first-order valence-corrected chi connectivity index (χ1v) is 12.7. The van der Waals surface area contributed by atoms with Gasteiger partial charge in [0.2, 0.25) is 0 Å². The quantitative estimate of drug-likeness (QED) is 0.270. The summed E-state index contributed by atoms with van der Waals surface area (Å²) >= 11 is 13.7. The highest BCUT2D eigenvalue weighted by Gasteiger charge is 2.39. The number of carbonyl (C=O) groups excluding carboxylic acids is 3. The zero-order valence-electron chi connectivity index (χ0n) is 19.3. The number of hydrogen-bond donors (Lipinski definition) is 2. The van der Waals surface area contributed by atoms with E-state index in [9.17, 15) is 14.4 Å². The number of hydrogen-bond acceptors (Lipinski definition) is 6. The zero-order valence-corrected chi connectivity index (χ0v) is 21.6. The first kappa shape index (κ1) is 24.7. The zero-order chi connectivity index (χ0) is 26.1. The molecule has 5 rings (SSSR count). The van der Waals surface area contributed by atoms with Gasteiger partial charge in [0, 0.05) is 27.2 Å². The molecule has 1 aromatic heterocycles. The molecule has 7 nitrogen and oxygen atoms in total. The van der Waals surface area contributed by atoms with Crippen molar-refractivity contribution in [1.82, 2.24) is 4.98 Å². The Morgan fingerprint density at radius 2 is 1.73 bits per heavy atom. The number of aryl methyl sites for hydroxylation is 1. The summed E-state index contributed by atoms with van der Waals surface area (Å²) in [7, 11) is 0. The Balaban J connectivity index is 1.32. The van der Waals surface area contributed by atoms with E-state index in [0.717, 1.165) is 21.7 Å². The fraction of sp³-hybridized carbons (Fsp3) is 0.0370. The molecule has 4 aromatic rings. The standard InChI is InChI=1S/C27H18Cl2N4O3S/c1-15-10-11-19(13-20(15)28)33-25(35)22(29)23(26(33)36)30-18-9-5-8-17(12-18)24(34)32-27-31-21(14-37-27)16-6-3-2-4-7-16/h2-14,30H,1H3,(H,31,32,34). The van der Waals surface area contributed by atoms with Crippen LogP contribution in [0.15, 0.2) is 88.9 Å². The Kier molecular flexibility index (Phi) is 6.80. The van der Waals surface area contributed by atoms with E-state index in [1.807, 2.05) is 42.6 Å². The largest absolute Gasteiger partial charge is 0.350 e. The maximum atomic E-state index is 13.1. The van der Waals surface area contributed by atoms with Gasteiger partial charge in [-0.15, -0.1) is 11.3 Å². The van der Waals surface area contributed by atoms with Crippen molar-refractivity contribution >= 4 is 68.8 Å². The van der Waals surface area contributed by atoms with Crippen LogP contribution in [0.3, 0.4) is 0 Å². The van der Waals surface area contributed by atoms with Crippen molar-refractivity contribution in [2.24, 2.45) is 0 Å². The second-order valence-corrected chi connectivity index (χ2v) is 9.78. The van der Waals surface area contributed by atoms with Gasteiger partial charge in [0.1, 0.15) is 10.7 Å². The molecule has 2 heterocycles. The minimum absolute atomic E-state index is 0.0895. The number of halogens is 2. The molecule has 0 saturated carbocycles. The molecular weight excluding hydrogens is 531 g/mol. The minimum Gasteiger partial charge on any atom is -0.350 e. The van der Waals surface area contributed by atoms with Gasteiger partial charge in [-0.1, -0.05) is 65.7 Å². The Hall–Kier alpha value is -3.98. The van der Waals surface area contributed by atoms with Gasteiger partial charge >= 0.3 is 0 Å². The molecule has 0 bridgehead atoms. The van der Waals surface area contributed by atoms with E-state index < -0.39 is 11.8 Å². The molecule has 2 N–H and O–H groups in total. The summed E-state index contributed by atoms with van der Waals surface area (Å²) in [5, 5.41) is 8.17. The third kappa shape index (κ3) is 4.99. The highest BCUT2D eigenvalue weighted by molar-refractivity contribution is 7.14. The molecule has 0 fully saturated rings. The normalized spacial score (nSPS) is 13.3. The molecule has 0 unspecified atom stereocenters. The van der Waals surface area contributed by atoms with E-state index in [-0.39, 0.29) is 16.6 Å². The van der Waals surface area contributed by atoms with Gasteiger partial charge in [0.05, 0.1) is 11.4 Å². The molecule has 3 aromatic carbocycles. The molecule has 0 atom stereocenters. The number of nitrogens with one attached hydrogen (secondary N) is 2. The lowest BCUT2D eigenvalue weighted by Gasteiger charge is -2.16. The summed E-state index contributed by atoms with van der Waals surface area (Å²) in [5.41, 5.74) is 3.49. The van der Waals surface area contributed by atoms with Gasteiger partial charge in [-0.3, -0.25) is 19.7 Å². The number of benzene rings is 3. The summed E-state index contributed by atoms with van der Waals surface area (Å²) in [6.07, 6.45) is 0. The van der Waals surface area contributed by atoms with Gasteiger partial charge in [-0.05, 0) is 42.8 Å². The molecular formula is C27H18Cl2N4O3S. The van der Waals surface area contributed by atoms with Gasteiger partial charge in [0.25, 0.3) is 17.7 Å². The highest BCUT2D eigenvalue weighted by atomic mass is 35.5. The van der Waals surface area contributed by atoms with Crippen LogP contribution in [-0.4, -0.2) is 22.7 Å².